The molecule has 0 fully saturated rings. The Morgan fingerprint density at radius 3 is 2.89 bits per heavy atom. The van der Waals surface area contributed by atoms with Crippen LogP contribution in [0.3, 0.4) is 0 Å². The summed E-state index contributed by atoms with van der Waals surface area (Å²) in [6.07, 6.45) is 9.20. The maximum atomic E-state index is 6.02. The molecule has 1 aliphatic heterocycles. The van der Waals surface area contributed by atoms with Crippen LogP contribution in [0.1, 0.15) is 18.4 Å². The van der Waals surface area contributed by atoms with Crippen LogP contribution in [-0.4, -0.2) is 39.9 Å². The number of nitrogen functional groups attached to an aromatic ring is 1. The van der Waals surface area contributed by atoms with E-state index in [0.717, 1.165) is 47.2 Å². The fourth-order valence-electron chi connectivity index (χ4n) is 3.00. The number of terminal acetylenes is 1. The van der Waals surface area contributed by atoms with Gasteiger partial charge in [0.1, 0.15) is 6.33 Å². The van der Waals surface area contributed by atoms with E-state index >= 15 is 0 Å². The minimum atomic E-state index is 0.198. The summed E-state index contributed by atoms with van der Waals surface area (Å²) in [5, 5.41) is 3.93. The molecular weight excluding hydrogens is 376 g/mol. The maximum Gasteiger partial charge on any atom is 0.231 e. The second-order valence-corrected chi connectivity index (χ2v) is 7.24. The van der Waals surface area contributed by atoms with Gasteiger partial charge >= 0.3 is 0 Å². The van der Waals surface area contributed by atoms with Crippen LogP contribution >= 0.6 is 11.8 Å². The van der Waals surface area contributed by atoms with E-state index in [1.807, 2.05) is 19.2 Å². The summed E-state index contributed by atoms with van der Waals surface area (Å²) < 4.78 is 13.0. The van der Waals surface area contributed by atoms with Gasteiger partial charge in [0.2, 0.25) is 6.79 Å². The molecule has 0 unspecified atom stereocenters. The Balaban J connectivity index is 1.72. The minimum Gasteiger partial charge on any atom is -0.454 e. The number of aryl methyl sites for hydroxylation is 1. The van der Waals surface area contributed by atoms with Crippen molar-refractivity contribution >= 4 is 28.7 Å². The fraction of sp³-hybridized carbons (Fsp3) is 0.316. The summed E-state index contributed by atoms with van der Waals surface area (Å²) in [6, 6.07) is 3.71. The zero-order chi connectivity index (χ0) is 19.5. The van der Waals surface area contributed by atoms with Gasteiger partial charge in [-0.2, -0.15) is 0 Å². The average molecular weight is 396 g/mol. The molecule has 0 atom stereocenters. The van der Waals surface area contributed by atoms with Crippen LogP contribution in [0.5, 0.6) is 11.5 Å². The van der Waals surface area contributed by atoms with Crippen LogP contribution < -0.4 is 20.5 Å². The van der Waals surface area contributed by atoms with Crippen molar-refractivity contribution in [2.45, 2.75) is 29.4 Å². The molecule has 144 valence electrons. The van der Waals surface area contributed by atoms with Crippen molar-refractivity contribution in [3.05, 3.63) is 24.0 Å². The molecule has 28 heavy (non-hydrogen) atoms. The van der Waals surface area contributed by atoms with Gasteiger partial charge in [-0.05, 0) is 32.5 Å². The molecule has 0 spiro atoms. The Morgan fingerprint density at radius 2 is 2.11 bits per heavy atom. The summed E-state index contributed by atoms with van der Waals surface area (Å²) in [7, 11) is 1.95. The van der Waals surface area contributed by atoms with E-state index in [1.54, 1.807) is 0 Å². The van der Waals surface area contributed by atoms with E-state index in [2.05, 4.69) is 25.8 Å². The number of benzene rings is 1. The number of rotatable bonds is 7. The molecule has 0 radical (unpaired) electrons. The Kier molecular flexibility index (Phi) is 5.23. The lowest BCUT2D eigenvalue weighted by Crippen LogP contribution is -2.09. The van der Waals surface area contributed by atoms with Crippen LogP contribution in [-0.2, 0) is 6.54 Å². The van der Waals surface area contributed by atoms with Gasteiger partial charge in [0, 0.05) is 23.1 Å². The zero-order valence-corrected chi connectivity index (χ0v) is 16.3. The number of ether oxygens (including phenoxy) is 2. The first kappa shape index (κ1) is 18.4. The van der Waals surface area contributed by atoms with Gasteiger partial charge in [0.15, 0.2) is 33.6 Å². The topological polar surface area (TPSA) is 100 Å². The van der Waals surface area contributed by atoms with Crippen LogP contribution in [0.2, 0.25) is 0 Å². The van der Waals surface area contributed by atoms with Gasteiger partial charge in [-0.3, -0.25) is 0 Å². The molecule has 2 aromatic heterocycles. The summed E-state index contributed by atoms with van der Waals surface area (Å²) >= 11 is 1.46. The Labute approximate surface area is 166 Å². The number of hydrogen-bond acceptors (Lipinski definition) is 8. The van der Waals surface area contributed by atoms with E-state index in [9.17, 15) is 0 Å². The molecule has 0 saturated heterocycles. The number of fused-ring (bicyclic) bond motifs is 2. The van der Waals surface area contributed by atoms with Crippen LogP contribution in [0.4, 0.5) is 5.82 Å². The van der Waals surface area contributed by atoms with E-state index in [-0.39, 0.29) is 6.79 Å². The van der Waals surface area contributed by atoms with Crippen LogP contribution in [0.25, 0.3) is 11.2 Å². The van der Waals surface area contributed by atoms with Gasteiger partial charge in [0.05, 0.1) is 0 Å². The van der Waals surface area contributed by atoms with Crippen molar-refractivity contribution in [3.8, 4) is 23.8 Å². The number of aromatic nitrogens is 4. The third kappa shape index (κ3) is 3.44. The second-order valence-electron chi connectivity index (χ2n) is 6.24. The summed E-state index contributed by atoms with van der Waals surface area (Å²) in [4.78, 5) is 14.0. The quantitative estimate of drug-likeness (QED) is 0.463. The lowest BCUT2D eigenvalue weighted by molar-refractivity contribution is 0.174. The average Bonchev–Trinajstić information content (AvgIpc) is 3.29. The second kappa shape index (κ2) is 7.96. The van der Waals surface area contributed by atoms with Gasteiger partial charge in [-0.25, -0.2) is 15.0 Å². The molecule has 0 bridgehead atoms. The van der Waals surface area contributed by atoms with Crippen molar-refractivity contribution in [2.75, 3.05) is 26.1 Å². The Morgan fingerprint density at radius 1 is 1.29 bits per heavy atom. The molecule has 8 nitrogen and oxygen atoms in total. The highest BCUT2D eigenvalue weighted by molar-refractivity contribution is 7.99. The highest BCUT2D eigenvalue weighted by Gasteiger charge is 2.20. The maximum absolute atomic E-state index is 6.02. The highest BCUT2D eigenvalue weighted by Crippen LogP contribution is 2.41. The lowest BCUT2D eigenvalue weighted by atomic mass is 10.2. The van der Waals surface area contributed by atoms with E-state index < -0.39 is 0 Å². The smallest absolute Gasteiger partial charge is 0.231 e. The minimum absolute atomic E-state index is 0.198. The first-order valence-electron chi connectivity index (χ1n) is 8.90. The van der Waals surface area contributed by atoms with Crippen LogP contribution in [0.15, 0.2) is 28.5 Å². The molecular formula is C19H20N6O2S. The number of anilines is 1. The predicted octanol–water partition coefficient (Wildman–Crippen LogP) is 2.27. The monoisotopic (exact) mass is 396 g/mol. The highest BCUT2D eigenvalue weighted by atomic mass is 32.2. The molecule has 0 saturated carbocycles. The van der Waals surface area contributed by atoms with Crippen molar-refractivity contribution in [2.24, 2.45) is 0 Å². The van der Waals surface area contributed by atoms with Crippen molar-refractivity contribution < 1.29 is 9.47 Å². The number of nitrogens with zero attached hydrogens (tertiary/aromatic N) is 4. The third-order valence-corrected chi connectivity index (χ3v) is 5.47. The molecule has 0 amide bonds. The van der Waals surface area contributed by atoms with Gasteiger partial charge in [0.25, 0.3) is 0 Å². The van der Waals surface area contributed by atoms with E-state index in [1.165, 1.54) is 18.1 Å². The molecule has 0 aliphatic carbocycles. The predicted molar refractivity (Wildman–Crippen MR) is 108 cm³/mol. The standard InChI is InChI=1S/C19H20N6O2S/c1-3-12-8-13-14(27-11-26-13)9-15(12)28-19-24-16-17(20)22-10-23-18(16)25(19)7-5-4-6-21-2/h1,8-10,21H,4-7,11H2,2H3,(H2,20,22,23). The summed E-state index contributed by atoms with van der Waals surface area (Å²) in [5.74, 6) is 4.42. The molecule has 1 aromatic carbocycles. The Bertz CT molecular complexity index is 1060. The number of hydrogen-bond donors (Lipinski definition) is 2. The third-order valence-electron chi connectivity index (χ3n) is 4.42. The normalized spacial score (nSPS) is 12.4. The Hall–Kier alpha value is -2.96. The summed E-state index contributed by atoms with van der Waals surface area (Å²) in [6.45, 7) is 1.92. The van der Waals surface area contributed by atoms with Crippen LogP contribution in [0, 0.1) is 12.3 Å². The molecule has 9 heteroatoms. The number of nitrogens with two attached hydrogens (primary N) is 1. The number of unbranched alkanes of at least 4 members (excludes halogenated alkanes) is 1. The fourth-order valence-corrected chi connectivity index (χ4v) is 4.02. The largest absolute Gasteiger partial charge is 0.454 e. The molecule has 3 heterocycles. The van der Waals surface area contributed by atoms with E-state index in [0.29, 0.717) is 22.8 Å². The number of nitrogens with one attached hydrogen (secondary N) is 1. The lowest BCUT2D eigenvalue weighted by Gasteiger charge is -2.10. The van der Waals surface area contributed by atoms with Crippen molar-refractivity contribution in [1.29, 1.82) is 0 Å². The molecule has 3 N–H and O–H groups in total. The first-order valence-corrected chi connectivity index (χ1v) is 9.72. The zero-order valence-electron chi connectivity index (χ0n) is 15.4. The van der Waals surface area contributed by atoms with Gasteiger partial charge in [-0.1, -0.05) is 17.7 Å². The first-order chi connectivity index (χ1) is 13.7. The van der Waals surface area contributed by atoms with Gasteiger partial charge < -0.3 is 25.1 Å². The number of imidazole rings is 1. The van der Waals surface area contributed by atoms with Gasteiger partial charge in [-0.15, -0.1) is 6.42 Å². The van der Waals surface area contributed by atoms with Crippen molar-refractivity contribution in [1.82, 2.24) is 24.8 Å². The van der Waals surface area contributed by atoms with Crippen molar-refractivity contribution in [3.63, 3.8) is 0 Å². The SMILES string of the molecule is C#Cc1cc2c(cc1Sc1nc3c(N)ncnc3n1CCCCNC)OCO2. The molecule has 1 aliphatic rings. The van der Waals surface area contributed by atoms with E-state index in [4.69, 9.17) is 26.6 Å². The summed E-state index contributed by atoms with van der Waals surface area (Å²) in [5.41, 5.74) is 8.07. The molecule has 3 aromatic rings. The molecule has 4 rings (SSSR count).